The highest BCUT2D eigenvalue weighted by Crippen LogP contribution is 2.23. The molecule has 0 bridgehead atoms. The van der Waals surface area contributed by atoms with Crippen molar-refractivity contribution in [3.8, 4) is 0 Å². The highest BCUT2D eigenvalue weighted by Gasteiger charge is 2.11. The van der Waals surface area contributed by atoms with Crippen LogP contribution in [0.2, 0.25) is 5.02 Å². The molecule has 0 aliphatic carbocycles. The van der Waals surface area contributed by atoms with Gasteiger partial charge in [-0.15, -0.1) is 0 Å². The molecule has 7 nitrogen and oxygen atoms in total. The largest absolute Gasteiger partial charge is 0.399 e. The van der Waals surface area contributed by atoms with Crippen LogP contribution < -0.4 is 21.7 Å². The minimum absolute atomic E-state index is 0.00814. The predicted octanol–water partition coefficient (Wildman–Crippen LogP) is 5.59. The number of hydrogen-bond donors (Lipinski definition) is 4. The van der Waals surface area contributed by atoms with E-state index in [0.29, 0.717) is 33.3 Å². The Morgan fingerprint density at radius 1 is 0.906 bits per heavy atom. The lowest BCUT2D eigenvalue weighted by molar-refractivity contribution is 0.102. The van der Waals surface area contributed by atoms with E-state index in [-0.39, 0.29) is 17.7 Å². The molecular formula is C23H18ClFN6O. The lowest BCUT2D eigenvalue weighted by atomic mass is 10.2. The summed E-state index contributed by atoms with van der Waals surface area (Å²) in [6, 6.07) is 20.5. The summed E-state index contributed by atoms with van der Waals surface area (Å²) < 4.78 is 14.2. The van der Waals surface area contributed by atoms with Crippen molar-refractivity contribution in [3.05, 3.63) is 95.4 Å². The Bertz CT molecular complexity index is 1250. The fourth-order valence-electron chi connectivity index (χ4n) is 2.81. The summed E-state index contributed by atoms with van der Waals surface area (Å²) in [6.07, 6.45) is 1.07. The highest BCUT2D eigenvalue weighted by molar-refractivity contribution is 6.33. The molecule has 0 saturated heterocycles. The fourth-order valence-corrected chi connectivity index (χ4v) is 2.99. The quantitative estimate of drug-likeness (QED) is 0.286. The first kappa shape index (κ1) is 21.1. The van der Waals surface area contributed by atoms with Gasteiger partial charge in [0.15, 0.2) is 11.6 Å². The van der Waals surface area contributed by atoms with Gasteiger partial charge in [0.05, 0.1) is 16.9 Å². The van der Waals surface area contributed by atoms with Crippen molar-refractivity contribution < 1.29 is 9.18 Å². The molecule has 1 heterocycles. The number of anilines is 6. The van der Waals surface area contributed by atoms with E-state index in [1.54, 1.807) is 72.8 Å². The second-order valence-electron chi connectivity index (χ2n) is 6.77. The van der Waals surface area contributed by atoms with Crippen molar-refractivity contribution in [1.29, 1.82) is 0 Å². The third-order valence-corrected chi connectivity index (χ3v) is 4.77. The zero-order valence-electron chi connectivity index (χ0n) is 16.6. The Kier molecular flexibility index (Phi) is 6.14. The number of amides is 1. The van der Waals surface area contributed by atoms with Gasteiger partial charge in [-0.2, -0.15) is 4.98 Å². The summed E-state index contributed by atoms with van der Waals surface area (Å²) in [5, 5.41) is 9.08. The maximum atomic E-state index is 14.2. The number of aromatic nitrogens is 2. The summed E-state index contributed by atoms with van der Waals surface area (Å²) in [4.78, 5) is 20.6. The molecule has 0 radical (unpaired) electrons. The zero-order valence-corrected chi connectivity index (χ0v) is 17.4. The Morgan fingerprint density at radius 3 is 2.28 bits per heavy atom. The summed E-state index contributed by atoms with van der Waals surface area (Å²) in [5.41, 5.74) is 8.51. The number of para-hydroxylation sites is 1. The molecule has 0 aliphatic rings. The molecule has 0 spiro atoms. The van der Waals surface area contributed by atoms with Gasteiger partial charge in [-0.1, -0.05) is 23.7 Å². The van der Waals surface area contributed by atoms with Gasteiger partial charge in [0.2, 0.25) is 5.95 Å². The standard InChI is InChI=1S/C23H18ClFN6O/c24-18-3-1-2-4-20(18)30-22(32)14-5-9-16(10-6-14)28-21-19(25)13-27-23(31-21)29-17-11-7-15(26)8-12-17/h1-13H,26H2,(H,30,32)(H2,27,28,29,31). The van der Waals surface area contributed by atoms with E-state index in [4.69, 9.17) is 17.3 Å². The van der Waals surface area contributed by atoms with Crippen LogP contribution in [-0.2, 0) is 0 Å². The molecule has 0 aliphatic heterocycles. The van der Waals surface area contributed by atoms with Gasteiger partial charge in [0.25, 0.3) is 5.91 Å². The van der Waals surface area contributed by atoms with E-state index >= 15 is 0 Å². The van der Waals surface area contributed by atoms with Gasteiger partial charge >= 0.3 is 0 Å². The Morgan fingerprint density at radius 2 is 1.56 bits per heavy atom. The molecule has 3 aromatic carbocycles. The molecule has 9 heteroatoms. The molecule has 1 amide bonds. The first-order valence-corrected chi connectivity index (χ1v) is 9.94. The molecule has 160 valence electrons. The van der Waals surface area contributed by atoms with Crippen molar-refractivity contribution in [1.82, 2.24) is 9.97 Å². The SMILES string of the molecule is Nc1ccc(Nc2ncc(F)c(Nc3ccc(C(=O)Nc4ccccc4Cl)cc3)n2)cc1. The zero-order chi connectivity index (χ0) is 22.5. The Hall–Kier alpha value is -4.17. The van der Waals surface area contributed by atoms with Crippen molar-refractivity contribution in [2.75, 3.05) is 21.7 Å². The number of nitrogens with zero attached hydrogens (tertiary/aromatic N) is 2. The van der Waals surface area contributed by atoms with Crippen LogP contribution in [0.15, 0.2) is 79.0 Å². The van der Waals surface area contributed by atoms with Crippen molar-refractivity contribution in [3.63, 3.8) is 0 Å². The number of nitrogens with two attached hydrogens (primary N) is 1. The minimum Gasteiger partial charge on any atom is -0.399 e. The van der Waals surface area contributed by atoms with Crippen molar-refractivity contribution in [2.45, 2.75) is 0 Å². The summed E-state index contributed by atoms with van der Waals surface area (Å²) >= 11 is 6.07. The maximum absolute atomic E-state index is 14.2. The third kappa shape index (κ3) is 5.11. The van der Waals surface area contributed by atoms with Gasteiger partial charge in [-0.05, 0) is 60.7 Å². The number of nitrogen functional groups attached to an aromatic ring is 1. The van der Waals surface area contributed by atoms with E-state index in [1.165, 1.54) is 0 Å². The van der Waals surface area contributed by atoms with E-state index in [0.717, 1.165) is 6.20 Å². The number of carbonyl (C=O) groups excluding carboxylic acids is 1. The van der Waals surface area contributed by atoms with Crippen LogP contribution in [0.4, 0.5) is 38.9 Å². The van der Waals surface area contributed by atoms with Crippen LogP contribution in [-0.4, -0.2) is 15.9 Å². The topological polar surface area (TPSA) is 105 Å². The summed E-state index contributed by atoms with van der Waals surface area (Å²) in [6.45, 7) is 0. The number of benzene rings is 3. The molecule has 4 aromatic rings. The van der Waals surface area contributed by atoms with E-state index < -0.39 is 5.82 Å². The summed E-state index contributed by atoms with van der Waals surface area (Å²) in [7, 11) is 0. The molecule has 0 saturated carbocycles. The van der Waals surface area contributed by atoms with Crippen LogP contribution in [0.25, 0.3) is 0 Å². The summed E-state index contributed by atoms with van der Waals surface area (Å²) in [5.74, 6) is -0.720. The minimum atomic E-state index is -0.617. The smallest absolute Gasteiger partial charge is 0.255 e. The van der Waals surface area contributed by atoms with Crippen LogP contribution in [0.5, 0.6) is 0 Å². The Balaban J connectivity index is 1.45. The molecule has 0 atom stereocenters. The van der Waals surface area contributed by atoms with Crippen molar-refractivity contribution in [2.24, 2.45) is 0 Å². The molecule has 0 fully saturated rings. The molecular weight excluding hydrogens is 431 g/mol. The van der Waals surface area contributed by atoms with Crippen LogP contribution in [0.3, 0.4) is 0 Å². The normalized spacial score (nSPS) is 10.4. The second kappa shape index (κ2) is 9.32. The average molecular weight is 449 g/mol. The number of halogens is 2. The molecule has 1 aromatic heterocycles. The van der Waals surface area contributed by atoms with Gasteiger partial charge in [0.1, 0.15) is 0 Å². The second-order valence-corrected chi connectivity index (χ2v) is 7.18. The Labute approximate surface area is 188 Å². The van der Waals surface area contributed by atoms with E-state index in [9.17, 15) is 9.18 Å². The van der Waals surface area contributed by atoms with Gasteiger partial charge in [-0.3, -0.25) is 4.79 Å². The van der Waals surface area contributed by atoms with E-state index in [2.05, 4.69) is 25.9 Å². The third-order valence-electron chi connectivity index (χ3n) is 4.44. The van der Waals surface area contributed by atoms with Gasteiger partial charge in [-0.25, -0.2) is 9.37 Å². The predicted molar refractivity (Wildman–Crippen MR) is 125 cm³/mol. The average Bonchev–Trinajstić information content (AvgIpc) is 2.79. The van der Waals surface area contributed by atoms with Crippen LogP contribution in [0.1, 0.15) is 10.4 Å². The number of nitrogens with one attached hydrogen (secondary N) is 3. The maximum Gasteiger partial charge on any atom is 0.255 e. The van der Waals surface area contributed by atoms with Crippen LogP contribution in [0, 0.1) is 5.82 Å². The van der Waals surface area contributed by atoms with Gasteiger partial charge < -0.3 is 21.7 Å². The van der Waals surface area contributed by atoms with Crippen molar-refractivity contribution >= 4 is 52.0 Å². The van der Waals surface area contributed by atoms with Crippen LogP contribution >= 0.6 is 11.6 Å². The molecule has 32 heavy (non-hydrogen) atoms. The molecule has 4 rings (SSSR count). The molecule has 0 unspecified atom stereocenters. The first-order chi connectivity index (χ1) is 15.5. The first-order valence-electron chi connectivity index (χ1n) is 9.56. The number of rotatable bonds is 6. The fraction of sp³-hybridized carbons (Fsp3) is 0. The number of carbonyl (C=O) groups is 1. The number of hydrogen-bond acceptors (Lipinski definition) is 6. The monoisotopic (exact) mass is 448 g/mol. The highest BCUT2D eigenvalue weighted by atomic mass is 35.5. The lowest BCUT2D eigenvalue weighted by Crippen LogP contribution is -2.12. The molecule has 5 N–H and O–H groups in total. The lowest BCUT2D eigenvalue weighted by Gasteiger charge is -2.11. The van der Waals surface area contributed by atoms with Gasteiger partial charge in [0, 0.05) is 22.6 Å². The van der Waals surface area contributed by atoms with E-state index in [1.807, 2.05) is 0 Å².